The molecule has 1 aromatic carbocycles. The van der Waals surface area contributed by atoms with Gasteiger partial charge in [-0.3, -0.25) is 0 Å². The maximum absolute atomic E-state index is 13.6. The molecule has 98 valence electrons. The number of nitrogens with zero attached hydrogens (tertiary/aromatic N) is 1. The second kappa shape index (κ2) is 4.54. The van der Waals surface area contributed by atoms with E-state index in [1.807, 2.05) is 0 Å². The second-order valence-electron chi connectivity index (χ2n) is 4.26. The Morgan fingerprint density at radius 1 is 1.11 bits per heavy atom. The van der Waals surface area contributed by atoms with E-state index in [4.69, 9.17) is 5.26 Å². The van der Waals surface area contributed by atoms with Gasteiger partial charge in [-0.25, -0.2) is 4.39 Å². The fourth-order valence-corrected chi connectivity index (χ4v) is 1.99. The zero-order valence-corrected chi connectivity index (χ0v) is 9.71. The maximum Gasteiger partial charge on any atom is 0.413 e. The normalized spacial score (nSPS) is 23.3. The Morgan fingerprint density at radius 2 is 1.74 bits per heavy atom. The third-order valence-electron chi connectivity index (χ3n) is 3.11. The topological polar surface area (TPSA) is 23.8 Å². The van der Waals surface area contributed by atoms with Crippen molar-refractivity contribution in [3.05, 3.63) is 53.9 Å². The highest BCUT2D eigenvalue weighted by atomic mass is 19.4. The SMILES string of the molecule is N#CC1(C(F)(F)F)CC(c2ccccc2)=CC=C1F. The zero-order valence-electron chi connectivity index (χ0n) is 9.71. The van der Waals surface area contributed by atoms with Gasteiger partial charge in [-0.1, -0.05) is 36.4 Å². The molecule has 1 nitrogen and oxygen atoms in total. The summed E-state index contributed by atoms with van der Waals surface area (Å²) in [5.41, 5.74) is -2.23. The van der Waals surface area contributed by atoms with Gasteiger partial charge in [0.2, 0.25) is 5.41 Å². The summed E-state index contributed by atoms with van der Waals surface area (Å²) in [5.74, 6) is -1.46. The summed E-state index contributed by atoms with van der Waals surface area (Å²) >= 11 is 0. The predicted octanol–water partition coefficient (Wildman–Crippen LogP) is 4.40. The van der Waals surface area contributed by atoms with Crippen molar-refractivity contribution in [1.82, 2.24) is 0 Å². The van der Waals surface area contributed by atoms with Gasteiger partial charge in [0.05, 0.1) is 6.07 Å². The fraction of sp³-hybridized carbons (Fsp3) is 0.214. The monoisotopic (exact) mass is 267 g/mol. The average Bonchev–Trinajstić information content (AvgIpc) is 2.39. The Balaban J connectivity index is 2.48. The first-order valence-corrected chi connectivity index (χ1v) is 5.51. The van der Waals surface area contributed by atoms with Crippen LogP contribution in [0.2, 0.25) is 0 Å². The van der Waals surface area contributed by atoms with Crippen molar-refractivity contribution in [3.63, 3.8) is 0 Å². The van der Waals surface area contributed by atoms with E-state index in [2.05, 4.69) is 0 Å². The van der Waals surface area contributed by atoms with Crippen LogP contribution in [0.25, 0.3) is 5.57 Å². The van der Waals surface area contributed by atoms with Gasteiger partial charge in [-0.05, 0) is 17.2 Å². The number of nitriles is 1. The third kappa shape index (κ3) is 2.14. The minimum Gasteiger partial charge on any atom is -0.210 e. The summed E-state index contributed by atoms with van der Waals surface area (Å²) in [6, 6.07) is 9.42. The molecule has 1 unspecified atom stereocenters. The maximum atomic E-state index is 13.6. The molecule has 0 fully saturated rings. The van der Waals surface area contributed by atoms with Crippen LogP contribution in [0.1, 0.15) is 12.0 Å². The average molecular weight is 267 g/mol. The molecule has 19 heavy (non-hydrogen) atoms. The Labute approximate surface area is 107 Å². The molecule has 0 heterocycles. The number of hydrogen-bond acceptors (Lipinski definition) is 1. The highest BCUT2D eigenvalue weighted by molar-refractivity contribution is 5.70. The summed E-state index contributed by atoms with van der Waals surface area (Å²) in [6.07, 6.45) is -3.65. The van der Waals surface area contributed by atoms with E-state index >= 15 is 0 Å². The number of benzene rings is 1. The first-order valence-electron chi connectivity index (χ1n) is 5.51. The van der Waals surface area contributed by atoms with Crippen LogP contribution in [0.4, 0.5) is 17.6 Å². The minimum absolute atomic E-state index is 0.292. The number of alkyl halides is 3. The predicted molar refractivity (Wildman–Crippen MR) is 62.3 cm³/mol. The molecule has 2 rings (SSSR count). The number of halogens is 4. The van der Waals surface area contributed by atoms with Crippen molar-refractivity contribution in [1.29, 1.82) is 5.26 Å². The number of hydrogen-bond donors (Lipinski definition) is 0. The Morgan fingerprint density at radius 3 is 2.26 bits per heavy atom. The van der Waals surface area contributed by atoms with Crippen LogP contribution in [0.3, 0.4) is 0 Å². The van der Waals surface area contributed by atoms with Crippen LogP contribution < -0.4 is 0 Å². The van der Waals surface area contributed by atoms with Gasteiger partial charge >= 0.3 is 6.18 Å². The van der Waals surface area contributed by atoms with E-state index in [0.29, 0.717) is 11.1 Å². The van der Waals surface area contributed by atoms with Crippen LogP contribution in [0, 0.1) is 16.7 Å². The van der Waals surface area contributed by atoms with E-state index in [1.165, 1.54) is 6.08 Å². The molecular formula is C14H9F4N. The molecule has 0 saturated heterocycles. The quantitative estimate of drug-likeness (QED) is 0.692. The van der Waals surface area contributed by atoms with Gasteiger partial charge in [0, 0.05) is 6.42 Å². The lowest BCUT2D eigenvalue weighted by Gasteiger charge is -2.30. The third-order valence-corrected chi connectivity index (χ3v) is 3.11. The van der Waals surface area contributed by atoms with Gasteiger partial charge in [0.25, 0.3) is 0 Å². The molecule has 0 aromatic heterocycles. The number of allylic oxidation sites excluding steroid dienone is 4. The van der Waals surface area contributed by atoms with Crippen LogP contribution in [-0.2, 0) is 0 Å². The molecular weight excluding hydrogens is 258 g/mol. The molecule has 0 radical (unpaired) electrons. The van der Waals surface area contributed by atoms with Crippen LogP contribution in [0.15, 0.2) is 48.3 Å². The highest BCUT2D eigenvalue weighted by Crippen LogP contribution is 2.51. The molecule has 0 N–H and O–H groups in total. The van der Waals surface area contributed by atoms with Crippen LogP contribution in [-0.4, -0.2) is 6.18 Å². The van der Waals surface area contributed by atoms with Gasteiger partial charge in [-0.15, -0.1) is 0 Å². The van der Waals surface area contributed by atoms with Crippen molar-refractivity contribution in [2.45, 2.75) is 12.6 Å². The summed E-state index contributed by atoms with van der Waals surface area (Å²) < 4.78 is 52.6. The summed E-state index contributed by atoms with van der Waals surface area (Å²) in [5, 5.41) is 8.83. The molecule has 0 aliphatic heterocycles. The first kappa shape index (κ1) is 13.3. The lowest BCUT2D eigenvalue weighted by Crippen LogP contribution is -2.38. The lowest BCUT2D eigenvalue weighted by molar-refractivity contribution is -0.193. The van der Waals surface area contributed by atoms with E-state index in [9.17, 15) is 17.6 Å². The Kier molecular flexibility index (Phi) is 3.19. The molecule has 5 heteroatoms. The van der Waals surface area contributed by atoms with Crippen molar-refractivity contribution in [2.24, 2.45) is 5.41 Å². The zero-order chi connectivity index (χ0) is 14.1. The van der Waals surface area contributed by atoms with Crippen LogP contribution in [0.5, 0.6) is 0 Å². The fourth-order valence-electron chi connectivity index (χ4n) is 1.99. The summed E-state index contributed by atoms with van der Waals surface area (Å²) in [4.78, 5) is 0. The smallest absolute Gasteiger partial charge is 0.210 e. The molecule has 1 aromatic rings. The lowest BCUT2D eigenvalue weighted by atomic mass is 9.76. The van der Waals surface area contributed by atoms with E-state index in [1.54, 1.807) is 30.3 Å². The van der Waals surface area contributed by atoms with Crippen molar-refractivity contribution >= 4 is 5.57 Å². The van der Waals surface area contributed by atoms with Crippen molar-refractivity contribution in [2.75, 3.05) is 0 Å². The standard InChI is InChI=1S/C14H9F4N/c15-12-7-6-11(10-4-2-1-3-5-10)8-13(12,9-19)14(16,17)18/h1-7H,8H2. The largest absolute Gasteiger partial charge is 0.413 e. The van der Waals surface area contributed by atoms with Crippen molar-refractivity contribution in [3.8, 4) is 6.07 Å². The summed E-state index contributed by atoms with van der Waals surface area (Å²) in [7, 11) is 0. The molecule has 1 atom stereocenters. The molecule has 0 amide bonds. The second-order valence-corrected chi connectivity index (χ2v) is 4.26. The molecule has 0 bridgehead atoms. The Hall–Kier alpha value is -2.09. The molecule has 0 saturated carbocycles. The summed E-state index contributed by atoms with van der Waals surface area (Å²) in [6.45, 7) is 0. The van der Waals surface area contributed by atoms with Crippen molar-refractivity contribution < 1.29 is 17.6 Å². The van der Waals surface area contributed by atoms with Gasteiger partial charge in [0.1, 0.15) is 5.83 Å². The van der Waals surface area contributed by atoms with E-state index in [-0.39, 0.29) is 0 Å². The van der Waals surface area contributed by atoms with Gasteiger partial charge < -0.3 is 0 Å². The first-order chi connectivity index (χ1) is 8.90. The highest BCUT2D eigenvalue weighted by Gasteiger charge is 2.60. The Bertz CT molecular complexity index is 578. The molecule has 0 spiro atoms. The molecule has 1 aliphatic carbocycles. The van der Waals surface area contributed by atoms with E-state index in [0.717, 1.165) is 12.1 Å². The van der Waals surface area contributed by atoms with Gasteiger partial charge in [-0.2, -0.15) is 18.4 Å². The van der Waals surface area contributed by atoms with E-state index < -0.39 is 23.8 Å². The van der Waals surface area contributed by atoms with Crippen LogP contribution >= 0.6 is 0 Å². The minimum atomic E-state index is -4.95. The number of rotatable bonds is 1. The van der Waals surface area contributed by atoms with Gasteiger partial charge in [0.15, 0.2) is 0 Å². The molecule has 1 aliphatic rings.